The van der Waals surface area contributed by atoms with Gasteiger partial charge in [-0.1, -0.05) is 23.7 Å². The number of carbonyl (C=O) groups excluding carboxylic acids is 1. The number of β-amino-alcohol motifs (C(OH)–C–C–N with tert-alkyl or cyclic N) is 1. The van der Waals surface area contributed by atoms with E-state index < -0.39 is 11.4 Å². The Balaban J connectivity index is 1.87. The molecule has 0 aliphatic carbocycles. The Morgan fingerprint density at radius 3 is 2.75 bits per heavy atom. The summed E-state index contributed by atoms with van der Waals surface area (Å²) in [6.07, 6.45) is 0.334. The van der Waals surface area contributed by atoms with Gasteiger partial charge < -0.3 is 15.1 Å². The molecule has 0 saturated carbocycles. The lowest BCUT2D eigenvalue weighted by molar-refractivity contribution is -0.00455. The number of hydrogen-bond acceptors (Lipinski definition) is 3. The normalized spacial score (nSPS) is 20.4. The van der Waals surface area contributed by atoms with Crippen molar-refractivity contribution >= 4 is 17.5 Å². The van der Waals surface area contributed by atoms with Crippen LogP contribution in [-0.2, 0) is 0 Å². The maximum Gasteiger partial charge on any atom is 0.253 e. The number of likely N-dealkylation sites (tertiary alicyclic amines) is 1. The van der Waals surface area contributed by atoms with Crippen LogP contribution in [0.1, 0.15) is 16.8 Å². The van der Waals surface area contributed by atoms with Gasteiger partial charge in [0.05, 0.1) is 13.2 Å². The van der Waals surface area contributed by atoms with Gasteiger partial charge in [0.2, 0.25) is 0 Å². The van der Waals surface area contributed by atoms with Crippen LogP contribution in [0.25, 0.3) is 11.1 Å². The van der Waals surface area contributed by atoms with Crippen LogP contribution in [0.15, 0.2) is 42.5 Å². The summed E-state index contributed by atoms with van der Waals surface area (Å²) in [5.41, 5.74) is 0.105. The van der Waals surface area contributed by atoms with Crippen LogP contribution in [0.3, 0.4) is 0 Å². The summed E-state index contributed by atoms with van der Waals surface area (Å²) in [6, 6.07) is 11.1. The van der Waals surface area contributed by atoms with E-state index in [-0.39, 0.29) is 19.1 Å². The topological polar surface area (TPSA) is 60.8 Å². The second-order valence-corrected chi connectivity index (χ2v) is 6.50. The molecular formula is C18H17ClFNO3. The highest BCUT2D eigenvalue weighted by Crippen LogP contribution is 2.27. The average Bonchev–Trinajstić information content (AvgIpc) is 2.97. The Morgan fingerprint density at radius 1 is 1.29 bits per heavy atom. The summed E-state index contributed by atoms with van der Waals surface area (Å²) in [6.45, 7) is 0.0735. The van der Waals surface area contributed by atoms with E-state index in [1.165, 1.54) is 11.0 Å². The predicted octanol–water partition coefficient (Wildman–Crippen LogP) is 2.72. The number of amides is 1. The highest BCUT2D eigenvalue weighted by molar-refractivity contribution is 6.30. The molecule has 1 amide bonds. The largest absolute Gasteiger partial charge is 0.393 e. The van der Waals surface area contributed by atoms with E-state index in [0.717, 1.165) is 0 Å². The van der Waals surface area contributed by atoms with Crippen LogP contribution < -0.4 is 0 Å². The number of rotatable bonds is 3. The minimum absolute atomic E-state index is 0.0852. The van der Waals surface area contributed by atoms with E-state index in [1.54, 1.807) is 36.4 Å². The second-order valence-electron chi connectivity index (χ2n) is 6.06. The van der Waals surface area contributed by atoms with Gasteiger partial charge >= 0.3 is 0 Å². The van der Waals surface area contributed by atoms with Crippen LogP contribution in [0.2, 0.25) is 5.02 Å². The van der Waals surface area contributed by atoms with E-state index in [4.69, 9.17) is 11.6 Å². The molecule has 1 aliphatic rings. The molecule has 1 aliphatic heterocycles. The van der Waals surface area contributed by atoms with Gasteiger partial charge in [0.25, 0.3) is 5.91 Å². The van der Waals surface area contributed by atoms with Gasteiger partial charge in [-0.2, -0.15) is 0 Å². The van der Waals surface area contributed by atoms with Gasteiger partial charge in [0, 0.05) is 22.7 Å². The number of benzene rings is 2. The fourth-order valence-corrected chi connectivity index (χ4v) is 3.04. The van der Waals surface area contributed by atoms with Crippen molar-refractivity contribution in [2.75, 3.05) is 19.7 Å². The van der Waals surface area contributed by atoms with E-state index in [1.807, 2.05) is 0 Å². The summed E-state index contributed by atoms with van der Waals surface area (Å²) in [5.74, 6) is -0.710. The van der Waals surface area contributed by atoms with E-state index in [9.17, 15) is 19.4 Å². The molecule has 24 heavy (non-hydrogen) atoms. The molecule has 1 fully saturated rings. The van der Waals surface area contributed by atoms with Gasteiger partial charge in [-0.3, -0.25) is 4.79 Å². The minimum Gasteiger partial charge on any atom is -0.393 e. The summed E-state index contributed by atoms with van der Waals surface area (Å²) in [4.78, 5) is 14.1. The molecule has 126 valence electrons. The third-order valence-corrected chi connectivity index (χ3v) is 4.50. The third kappa shape index (κ3) is 3.29. The Hall–Kier alpha value is -1.95. The van der Waals surface area contributed by atoms with Crippen LogP contribution in [-0.4, -0.2) is 46.3 Å². The van der Waals surface area contributed by atoms with Gasteiger partial charge in [0.1, 0.15) is 11.4 Å². The van der Waals surface area contributed by atoms with Crippen molar-refractivity contribution in [3.63, 3.8) is 0 Å². The summed E-state index contributed by atoms with van der Waals surface area (Å²) in [7, 11) is 0. The number of carbonyl (C=O) groups is 1. The highest BCUT2D eigenvalue weighted by atomic mass is 35.5. The molecule has 1 saturated heterocycles. The molecule has 2 aromatic rings. The molecule has 0 radical (unpaired) electrons. The number of hydrogen-bond donors (Lipinski definition) is 2. The second kappa shape index (κ2) is 6.51. The first-order valence-corrected chi connectivity index (χ1v) is 7.98. The average molecular weight is 350 g/mol. The lowest BCUT2D eigenvalue weighted by Crippen LogP contribution is -2.38. The van der Waals surface area contributed by atoms with Crippen molar-refractivity contribution in [3.8, 4) is 11.1 Å². The number of nitrogens with zero attached hydrogens (tertiary/aromatic N) is 1. The molecule has 0 bridgehead atoms. The standard InChI is InChI=1S/C18H17ClFNO3/c19-14-4-5-15(16(20)9-14)12-2-1-3-13(8-12)17(23)21-7-6-18(24,10-21)11-22/h1-5,8-9,22,24H,6-7,10-11H2. The van der Waals surface area contributed by atoms with E-state index >= 15 is 0 Å². The Kier molecular flexibility index (Phi) is 4.58. The molecule has 2 N–H and O–H groups in total. The summed E-state index contributed by atoms with van der Waals surface area (Å²) < 4.78 is 14.1. The first-order valence-electron chi connectivity index (χ1n) is 7.60. The van der Waals surface area contributed by atoms with Crippen molar-refractivity contribution in [2.45, 2.75) is 12.0 Å². The van der Waals surface area contributed by atoms with Crippen molar-refractivity contribution in [1.82, 2.24) is 4.90 Å². The fourth-order valence-electron chi connectivity index (χ4n) is 2.88. The molecule has 6 heteroatoms. The Bertz CT molecular complexity index is 783. The van der Waals surface area contributed by atoms with Gasteiger partial charge in [0.15, 0.2) is 0 Å². The lowest BCUT2D eigenvalue weighted by Gasteiger charge is -2.21. The Labute approximate surface area is 144 Å². The Morgan fingerprint density at radius 2 is 2.08 bits per heavy atom. The fraction of sp³-hybridized carbons (Fsp3) is 0.278. The quantitative estimate of drug-likeness (QED) is 0.895. The number of aliphatic hydroxyl groups is 2. The van der Waals surface area contributed by atoms with Crippen molar-refractivity contribution in [1.29, 1.82) is 0 Å². The minimum atomic E-state index is -1.24. The monoisotopic (exact) mass is 349 g/mol. The van der Waals surface area contributed by atoms with Gasteiger partial charge in [-0.25, -0.2) is 4.39 Å². The first-order chi connectivity index (χ1) is 11.4. The molecule has 4 nitrogen and oxygen atoms in total. The van der Waals surface area contributed by atoms with Gasteiger partial charge in [-0.15, -0.1) is 0 Å². The molecule has 1 heterocycles. The van der Waals surface area contributed by atoms with Crippen molar-refractivity contribution in [3.05, 3.63) is 58.9 Å². The van der Waals surface area contributed by atoms with Crippen molar-refractivity contribution in [2.24, 2.45) is 0 Å². The van der Waals surface area contributed by atoms with Crippen LogP contribution in [0.5, 0.6) is 0 Å². The highest BCUT2D eigenvalue weighted by Gasteiger charge is 2.37. The molecule has 1 unspecified atom stereocenters. The molecular weight excluding hydrogens is 333 g/mol. The number of aliphatic hydroxyl groups excluding tert-OH is 1. The zero-order chi connectivity index (χ0) is 17.3. The zero-order valence-electron chi connectivity index (χ0n) is 12.9. The number of halogens is 2. The predicted molar refractivity (Wildman–Crippen MR) is 89.4 cm³/mol. The van der Waals surface area contributed by atoms with E-state index in [2.05, 4.69) is 0 Å². The smallest absolute Gasteiger partial charge is 0.253 e. The van der Waals surface area contributed by atoms with Crippen LogP contribution >= 0.6 is 11.6 Å². The summed E-state index contributed by atoms with van der Waals surface area (Å²) >= 11 is 5.77. The SMILES string of the molecule is O=C(c1cccc(-c2ccc(Cl)cc2F)c1)N1CCC(O)(CO)C1. The molecule has 1 atom stereocenters. The molecule has 0 spiro atoms. The summed E-state index contributed by atoms with van der Waals surface area (Å²) in [5, 5.41) is 19.6. The molecule has 3 rings (SSSR count). The maximum absolute atomic E-state index is 14.1. The first kappa shape index (κ1) is 16.9. The zero-order valence-corrected chi connectivity index (χ0v) is 13.6. The van der Waals surface area contributed by atoms with Crippen LogP contribution in [0.4, 0.5) is 4.39 Å². The van der Waals surface area contributed by atoms with E-state index in [0.29, 0.717) is 34.7 Å². The molecule has 0 aromatic heterocycles. The third-order valence-electron chi connectivity index (χ3n) is 4.27. The van der Waals surface area contributed by atoms with Crippen molar-refractivity contribution < 1.29 is 19.4 Å². The van der Waals surface area contributed by atoms with Crippen LogP contribution in [0, 0.1) is 5.82 Å². The maximum atomic E-state index is 14.1. The van der Waals surface area contributed by atoms with Gasteiger partial charge in [-0.05, 0) is 42.3 Å². The lowest BCUT2D eigenvalue weighted by atomic mass is 10.0. The molecule has 2 aromatic carbocycles.